The Hall–Kier alpha value is -0.880. The van der Waals surface area contributed by atoms with Crippen molar-refractivity contribution in [2.45, 2.75) is 26.8 Å². The molecule has 3 rings (SSSR count). The third-order valence-electron chi connectivity index (χ3n) is 4.28. The average Bonchev–Trinajstić information content (AvgIpc) is 3.13. The summed E-state index contributed by atoms with van der Waals surface area (Å²) < 4.78 is 0.841. The van der Waals surface area contributed by atoms with Crippen LogP contribution in [-0.2, 0) is 13.0 Å². The molecule has 0 aliphatic carbocycles. The van der Waals surface area contributed by atoms with E-state index < -0.39 is 0 Å². The first-order valence-corrected chi connectivity index (χ1v) is 9.93. The van der Waals surface area contributed by atoms with E-state index in [-0.39, 0.29) is 5.91 Å². The van der Waals surface area contributed by atoms with Crippen molar-refractivity contribution in [2.24, 2.45) is 0 Å². The van der Waals surface area contributed by atoms with Gasteiger partial charge in [-0.25, -0.2) is 0 Å². The fourth-order valence-corrected chi connectivity index (χ4v) is 5.11. The van der Waals surface area contributed by atoms with E-state index in [0.29, 0.717) is 0 Å². The van der Waals surface area contributed by atoms with Crippen LogP contribution in [0.3, 0.4) is 0 Å². The Kier molecular flexibility index (Phi) is 5.42. The highest BCUT2D eigenvalue weighted by atomic mass is 35.5. The lowest BCUT2D eigenvalue weighted by Gasteiger charge is -2.34. The number of rotatable bonds is 4. The molecule has 0 unspecified atom stereocenters. The summed E-state index contributed by atoms with van der Waals surface area (Å²) in [6, 6.07) is 6.11. The first-order valence-electron chi connectivity index (χ1n) is 7.92. The van der Waals surface area contributed by atoms with Crippen molar-refractivity contribution in [1.29, 1.82) is 0 Å². The predicted molar refractivity (Wildman–Crippen MR) is 98.9 cm³/mol. The number of hydrogen-bond donors (Lipinski definition) is 0. The third-order valence-corrected chi connectivity index (χ3v) is 6.58. The maximum atomic E-state index is 12.7. The molecule has 6 heteroatoms. The summed E-state index contributed by atoms with van der Waals surface area (Å²) >= 11 is 9.25. The normalized spacial score (nSPS) is 16.0. The van der Waals surface area contributed by atoms with Gasteiger partial charge in [-0.15, -0.1) is 22.7 Å². The molecule has 1 aliphatic heterocycles. The zero-order valence-corrected chi connectivity index (χ0v) is 15.9. The van der Waals surface area contributed by atoms with Gasteiger partial charge in [-0.2, -0.15) is 0 Å². The van der Waals surface area contributed by atoms with Crippen LogP contribution in [0, 0.1) is 6.92 Å². The Labute approximate surface area is 150 Å². The monoisotopic (exact) mass is 368 g/mol. The number of hydrogen-bond acceptors (Lipinski definition) is 4. The molecular formula is C17H21ClN2OS2. The van der Waals surface area contributed by atoms with E-state index in [2.05, 4.69) is 30.9 Å². The molecule has 3 nitrogen and oxygen atoms in total. The Bertz CT molecular complexity index is 687. The number of nitrogens with zero attached hydrogens (tertiary/aromatic N) is 2. The molecule has 124 valence electrons. The predicted octanol–water partition coefficient (Wildman–Crippen LogP) is 4.29. The van der Waals surface area contributed by atoms with Gasteiger partial charge in [-0.05, 0) is 37.1 Å². The van der Waals surface area contributed by atoms with Gasteiger partial charge in [0.1, 0.15) is 0 Å². The van der Waals surface area contributed by atoms with E-state index in [9.17, 15) is 4.79 Å². The Morgan fingerprint density at radius 1 is 1.22 bits per heavy atom. The number of aryl methyl sites for hydroxylation is 2. The minimum atomic E-state index is 0.191. The fourth-order valence-electron chi connectivity index (χ4n) is 2.90. The van der Waals surface area contributed by atoms with E-state index in [1.54, 1.807) is 22.7 Å². The molecule has 1 amide bonds. The van der Waals surface area contributed by atoms with Gasteiger partial charge in [0.2, 0.25) is 0 Å². The molecular weight excluding hydrogens is 348 g/mol. The fraction of sp³-hybridized carbons (Fsp3) is 0.471. The summed E-state index contributed by atoms with van der Waals surface area (Å²) in [6.07, 6.45) is 0.993. The molecule has 0 aromatic carbocycles. The molecule has 0 radical (unpaired) electrons. The van der Waals surface area contributed by atoms with Crippen LogP contribution < -0.4 is 0 Å². The van der Waals surface area contributed by atoms with Crippen molar-refractivity contribution < 1.29 is 4.79 Å². The molecule has 2 aromatic heterocycles. The van der Waals surface area contributed by atoms with Crippen molar-refractivity contribution in [3.63, 3.8) is 0 Å². The van der Waals surface area contributed by atoms with Crippen molar-refractivity contribution in [2.75, 3.05) is 26.2 Å². The van der Waals surface area contributed by atoms with Crippen LogP contribution in [0.25, 0.3) is 0 Å². The average molecular weight is 369 g/mol. The second-order valence-corrected chi connectivity index (χ2v) is 8.88. The maximum absolute atomic E-state index is 12.7. The maximum Gasteiger partial charge on any atom is 0.264 e. The second kappa shape index (κ2) is 7.34. The van der Waals surface area contributed by atoms with Gasteiger partial charge in [0.05, 0.1) is 9.21 Å². The number of amides is 1. The van der Waals surface area contributed by atoms with Crippen molar-refractivity contribution in [1.82, 2.24) is 9.80 Å². The highest BCUT2D eigenvalue weighted by molar-refractivity contribution is 7.16. The zero-order chi connectivity index (χ0) is 16.4. The Morgan fingerprint density at radius 3 is 2.52 bits per heavy atom. The number of thiophene rings is 2. The number of carbonyl (C=O) groups excluding carboxylic acids is 1. The smallest absolute Gasteiger partial charge is 0.264 e. The van der Waals surface area contributed by atoms with E-state index >= 15 is 0 Å². The summed E-state index contributed by atoms with van der Waals surface area (Å²) in [4.78, 5) is 20.5. The van der Waals surface area contributed by atoms with Gasteiger partial charge in [0, 0.05) is 42.5 Å². The summed E-state index contributed by atoms with van der Waals surface area (Å²) in [5.74, 6) is 0.191. The molecule has 2 aromatic rings. The van der Waals surface area contributed by atoms with Crippen molar-refractivity contribution in [3.05, 3.63) is 42.7 Å². The highest BCUT2D eigenvalue weighted by Crippen LogP contribution is 2.25. The van der Waals surface area contributed by atoms with Gasteiger partial charge in [0.25, 0.3) is 5.91 Å². The van der Waals surface area contributed by atoms with E-state index in [1.165, 1.54) is 15.3 Å². The van der Waals surface area contributed by atoms with E-state index in [0.717, 1.165) is 48.4 Å². The lowest BCUT2D eigenvalue weighted by atomic mass is 10.2. The van der Waals surface area contributed by atoms with Crippen LogP contribution in [0.2, 0.25) is 4.34 Å². The summed E-state index contributed by atoms with van der Waals surface area (Å²) in [5, 5.41) is 0. The van der Waals surface area contributed by atoms with E-state index in [1.807, 2.05) is 11.0 Å². The van der Waals surface area contributed by atoms with E-state index in [4.69, 9.17) is 11.6 Å². The van der Waals surface area contributed by atoms with Gasteiger partial charge >= 0.3 is 0 Å². The molecule has 0 N–H and O–H groups in total. The van der Waals surface area contributed by atoms with Gasteiger partial charge in [-0.1, -0.05) is 18.5 Å². The Balaban J connectivity index is 1.56. The molecule has 1 saturated heterocycles. The summed E-state index contributed by atoms with van der Waals surface area (Å²) in [6.45, 7) is 8.62. The van der Waals surface area contributed by atoms with Gasteiger partial charge in [0.15, 0.2) is 0 Å². The van der Waals surface area contributed by atoms with Crippen LogP contribution in [-0.4, -0.2) is 41.9 Å². The van der Waals surface area contributed by atoms with Crippen LogP contribution in [0.1, 0.15) is 31.9 Å². The Morgan fingerprint density at radius 2 is 1.96 bits per heavy atom. The largest absolute Gasteiger partial charge is 0.335 e. The molecule has 3 heterocycles. The zero-order valence-electron chi connectivity index (χ0n) is 13.5. The van der Waals surface area contributed by atoms with Crippen LogP contribution in [0.15, 0.2) is 18.2 Å². The highest BCUT2D eigenvalue weighted by Gasteiger charge is 2.24. The molecule has 1 fully saturated rings. The molecule has 0 atom stereocenters. The first-order chi connectivity index (χ1) is 11.1. The van der Waals surface area contributed by atoms with Gasteiger partial charge < -0.3 is 4.90 Å². The van der Waals surface area contributed by atoms with Crippen molar-refractivity contribution in [3.8, 4) is 0 Å². The molecule has 1 aliphatic rings. The van der Waals surface area contributed by atoms with Crippen LogP contribution in [0.4, 0.5) is 0 Å². The number of carbonyl (C=O) groups is 1. The minimum Gasteiger partial charge on any atom is -0.335 e. The van der Waals surface area contributed by atoms with Crippen molar-refractivity contribution >= 4 is 40.2 Å². The second-order valence-electron chi connectivity index (χ2n) is 5.82. The lowest BCUT2D eigenvalue weighted by Crippen LogP contribution is -2.48. The lowest BCUT2D eigenvalue weighted by molar-refractivity contribution is 0.0634. The SMILES string of the molecule is CCc1cc(C(=O)N2CCN(Cc3ccc(Cl)s3)CC2)sc1C. The quantitative estimate of drug-likeness (QED) is 0.803. The minimum absolute atomic E-state index is 0.191. The standard InChI is InChI=1S/C17H21ClN2OS2/c1-3-13-10-15(22-12(13)2)17(21)20-8-6-19(7-9-20)11-14-4-5-16(18)23-14/h4-5,10H,3,6-9,11H2,1-2H3. The summed E-state index contributed by atoms with van der Waals surface area (Å²) in [7, 11) is 0. The molecule has 0 bridgehead atoms. The van der Waals surface area contributed by atoms with Crippen LogP contribution in [0.5, 0.6) is 0 Å². The molecule has 23 heavy (non-hydrogen) atoms. The van der Waals surface area contributed by atoms with Crippen LogP contribution >= 0.6 is 34.3 Å². The number of piperazine rings is 1. The molecule has 0 spiro atoms. The summed E-state index contributed by atoms with van der Waals surface area (Å²) in [5.41, 5.74) is 1.30. The number of halogens is 1. The first kappa shape index (κ1) is 17.0. The van der Waals surface area contributed by atoms with Gasteiger partial charge in [-0.3, -0.25) is 9.69 Å². The molecule has 0 saturated carbocycles. The topological polar surface area (TPSA) is 23.6 Å². The third kappa shape index (κ3) is 3.97.